The van der Waals surface area contributed by atoms with E-state index in [4.69, 9.17) is 4.42 Å². The molecule has 92 valence electrons. The van der Waals surface area contributed by atoms with Crippen LogP contribution in [0.15, 0.2) is 29.2 Å². The lowest BCUT2D eigenvalue weighted by Crippen LogP contribution is -2.15. The molecule has 0 fully saturated rings. The number of rotatable bonds is 5. The number of thiazole rings is 1. The summed E-state index contributed by atoms with van der Waals surface area (Å²) in [6.45, 7) is 2.95. The number of aromatic nitrogens is 1. The van der Waals surface area contributed by atoms with E-state index in [1.807, 2.05) is 26.4 Å². The minimum absolute atomic E-state index is 0.351. The van der Waals surface area contributed by atoms with Crippen molar-refractivity contribution in [3.8, 4) is 0 Å². The summed E-state index contributed by atoms with van der Waals surface area (Å²) in [6, 6.07) is 2.32. The molecular formula is C12H17N3OS. The highest BCUT2D eigenvalue weighted by Crippen LogP contribution is 2.27. The van der Waals surface area contributed by atoms with Crippen molar-refractivity contribution in [2.45, 2.75) is 19.5 Å². The number of hydrogen-bond acceptors (Lipinski definition) is 5. The zero-order chi connectivity index (χ0) is 12.3. The summed E-state index contributed by atoms with van der Waals surface area (Å²) >= 11 is 1.72. The van der Waals surface area contributed by atoms with Gasteiger partial charge in [-0.2, -0.15) is 0 Å². The van der Waals surface area contributed by atoms with Crippen LogP contribution in [0, 0.1) is 0 Å². The topological polar surface area (TPSA) is 41.3 Å². The van der Waals surface area contributed by atoms with Gasteiger partial charge in [-0.15, -0.1) is 11.3 Å². The molecule has 1 N–H and O–H groups in total. The van der Waals surface area contributed by atoms with E-state index in [0.29, 0.717) is 6.04 Å². The monoisotopic (exact) mass is 251 g/mol. The number of nitrogens with zero attached hydrogens (tertiary/aromatic N) is 2. The smallest absolute Gasteiger partial charge is 0.185 e. The van der Waals surface area contributed by atoms with Crippen molar-refractivity contribution < 1.29 is 4.42 Å². The van der Waals surface area contributed by atoms with Crippen molar-refractivity contribution in [3.05, 3.63) is 35.2 Å². The van der Waals surface area contributed by atoms with Gasteiger partial charge in [0.15, 0.2) is 5.13 Å². The zero-order valence-corrected chi connectivity index (χ0v) is 11.1. The summed E-state index contributed by atoms with van der Waals surface area (Å²) in [5, 5.41) is 4.25. The maximum absolute atomic E-state index is 5.06. The fraction of sp³-hybridized carbons (Fsp3) is 0.417. The normalized spacial score (nSPS) is 12.6. The minimum atomic E-state index is 0.351. The number of furan rings is 1. The summed E-state index contributed by atoms with van der Waals surface area (Å²) in [4.78, 5) is 7.82. The summed E-state index contributed by atoms with van der Waals surface area (Å²) in [5.41, 5.74) is 1.16. The standard InChI is InChI=1S/C12H17N3OS/c1-9(13-2)11-6-14-12(17-11)15(3)7-10-4-5-16-8-10/h4-6,8-9,13H,7H2,1-3H3. The molecule has 0 aromatic carbocycles. The third kappa shape index (κ3) is 2.87. The fourth-order valence-corrected chi connectivity index (χ4v) is 2.46. The van der Waals surface area contributed by atoms with Crippen molar-refractivity contribution in [3.63, 3.8) is 0 Å². The van der Waals surface area contributed by atoms with Gasteiger partial charge in [-0.25, -0.2) is 4.98 Å². The molecule has 0 aliphatic heterocycles. The van der Waals surface area contributed by atoms with Crippen molar-refractivity contribution in [2.75, 3.05) is 19.0 Å². The molecule has 1 unspecified atom stereocenters. The highest BCUT2D eigenvalue weighted by Gasteiger charge is 2.11. The second-order valence-corrected chi connectivity index (χ2v) is 5.08. The van der Waals surface area contributed by atoms with E-state index in [1.165, 1.54) is 4.88 Å². The van der Waals surface area contributed by atoms with Gasteiger partial charge in [-0.1, -0.05) is 0 Å². The Morgan fingerprint density at radius 2 is 2.41 bits per heavy atom. The van der Waals surface area contributed by atoms with Crippen molar-refractivity contribution in [1.82, 2.24) is 10.3 Å². The van der Waals surface area contributed by atoms with E-state index < -0.39 is 0 Å². The Morgan fingerprint density at radius 1 is 1.59 bits per heavy atom. The van der Waals surface area contributed by atoms with E-state index in [2.05, 4.69) is 22.1 Å². The van der Waals surface area contributed by atoms with Gasteiger partial charge < -0.3 is 14.6 Å². The van der Waals surface area contributed by atoms with Crippen LogP contribution in [-0.2, 0) is 6.54 Å². The second-order valence-electron chi connectivity index (χ2n) is 4.04. The lowest BCUT2D eigenvalue weighted by Gasteiger charge is -2.14. The molecular weight excluding hydrogens is 234 g/mol. The van der Waals surface area contributed by atoms with Crippen LogP contribution in [0.1, 0.15) is 23.4 Å². The molecule has 4 nitrogen and oxygen atoms in total. The quantitative estimate of drug-likeness (QED) is 0.887. The Labute approximate surface area is 105 Å². The lowest BCUT2D eigenvalue weighted by atomic mass is 10.3. The zero-order valence-electron chi connectivity index (χ0n) is 10.3. The van der Waals surface area contributed by atoms with Gasteiger partial charge in [0.25, 0.3) is 0 Å². The Hall–Kier alpha value is -1.33. The first-order valence-electron chi connectivity index (χ1n) is 5.56. The summed E-state index contributed by atoms with van der Waals surface area (Å²) in [6.07, 6.45) is 5.40. The molecule has 2 heterocycles. The predicted molar refractivity (Wildman–Crippen MR) is 70.4 cm³/mol. The fourth-order valence-electron chi connectivity index (χ4n) is 1.52. The number of hydrogen-bond donors (Lipinski definition) is 1. The number of nitrogens with one attached hydrogen (secondary N) is 1. The summed E-state index contributed by atoms with van der Waals surface area (Å²) in [7, 11) is 4.00. The van der Waals surface area contributed by atoms with Crippen LogP contribution in [0.4, 0.5) is 5.13 Å². The summed E-state index contributed by atoms with van der Waals surface area (Å²) in [5.74, 6) is 0. The Morgan fingerprint density at radius 3 is 3.06 bits per heavy atom. The van der Waals surface area contributed by atoms with E-state index >= 15 is 0 Å². The molecule has 0 aliphatic carbocycles. The van der Waals surface area contributed by atoms with Crippen LogP contribution in [0.5, 0.6) is 0 Å². The summed E-state index contributed by atoms with van der Waals surface area (Å²) < 4.78 is 5.06. The molecule has 5 heteroatoms. The van der Waals surface area contributed by atoms with Gasteiger partial charge in [-0.05, 0) is 20.0 Å². The Balaban J connectivity index is 2.04. The SMILES string of the molecule is CNC(C)c1cnc(N(C)Cc2ccoc2)s1. The van der Waals surface area contributed by atoms with Gasteiger partial charge in [0.1, 0.15) is 0 Å². The molecule has 0 saturated heterocycles. The Bertz CT molecular complexity index is 452. The molecule has 1 atom stereocenters. The molecule has 0 aliphatic rings. The highest BCUT2D eigenvalue weighted by atomic mass is 32.1. The minimum Gasteiger partial charge on any atom is -0.472 e. The van der Waals surface area contributed by atoms with Crippen LogP contribution in [0.25, 0.3) is 0 Å². The van der Waals surface area contributed by atoms with Crippen molar-refractivity contribution in [2.24, 2.45) is 0 Å². The first-order valence-corrected chi connectivity index (χ1v) is 6.37. The van der Waals surface area contributed by atoms with E-state index in [1.54, 1.807) is 23.9 Å². The molecule has 0 amide bonds. The van der Waals surface area contributed by atoms with Gasteiger partial charge in [0, 0.05) is 36.3 Å². The molecule has 17 heavy (non-hydrogen) atoms. The molecule has 0 bridgehead atoms. The first kappa shape index (κ1) is 12.1. The lowest BCUT2D eigenvalue weighted by molar-refractivity contribution is 0.563. The molecule has 2 aromatic heterocycles. The molecule has 0 saturated carbocycles. The van der Waals surface area contributed by atoms with Crippen LogP contribution in [-0.4, -0.2) is 19.1 Å². The van der Waals surface area contributed by atoms with Gasteiger partial charge in [0.05, 0.1) is 12.5 Å². The van der Waals surface area contributed by atoms with Crippen LogP contribution in [0.3, 0.4) is 0 Å². The highest BCUT2D eigenvalue weighted by molar-refractivity contribution is 7.15. The van der Waals surface area contributed by atoms with Crippen LogP contribution in [0.2, 0.25) is 0 Å². The van der Waals surface area contributed by atoms with E-state index in [9.17, 15) is 0 Å². The first-order chi connectivity index (χ1) is 8.20. The van der Waals surface area contributed by atoms with E-state index in [-0.39, 0.29) is 0 Å². The predicted octanol–water partition coefficient (Wildman–Crippen LogP) is 2.65. The molecule has 2 aromatic rings. The van der Waals surface area contributed by atoms with Crippen molar-refractivity contribution in [1.29, 1.82) is 0 Å². The third-order valence-corrected chi connectivity index (χ3v) is 3.99. The largest absolute Gasteiger partial charge is 0.472 e. The van der Waals surface area contributed by atoms with Crippen LogP contribution >= 0.6 is 11.3 Å². The van der Waals surface area contributed by atoms with Crippen molar-refractivity contribution >= 4 is 16.5 Å². The second kappa shape index (κ2) is 5.33. The molecule has 2 rings (SSSR count). The van der Waals surface area contributed by atoms with E-state index in [0.717, 1.165) is 17.2 Å². The molecule has 0 radical (unpaired) electrons. The van der Waals surface area contributed by atoms with Gasteiger partial charge >= 0.3 is 0 Å². The maximum Gasteiger partial charge on any atom is 0.185 e. The Kier molecular flexibility index (Phi) is 3.81. The van der Waals surface area contributed by atoms with Gasteiger partial charge in [-0.3, -0.25) is 0 Å². The number of anilines is 1. The van der Waals surface area contributed by atoms with Gasteiger partial charge in [0.2, 0.25) is 0 Å². The van der Waals surface area contributed by atoms with Crippen LogP contribution < -0.4 is 10.2 Å². The maximum atomic E-state index is 5.06. The third-order valence-electron chi connectivity index (χ3n) is 2.70. The molecule has 0 spiro atoms. The average molecular weight is 251 g/mol. The average Bonchev–Trinajstić information content (AvgIpc) is 2.98.